The lowest BCUT2D eigenvalue weighted by atomic mass is 9.91. The van der Waals surface area contributed by atoms with E-state index < -0.39 is 0 Å². The predicted octanol–water partition coefficient (Wildman–Crippen LogP) is 3.06. The largest absolute Gasteiger partial charge is 0.392 e. The van der Waals surface area contributed by atoms with Crippen molar-refractivity contribution >= 4 is 12.4 Å². The van der Waals surface area contributed by atoms with E-state index in [0.717, 1.165) is 12.8 Å². The quantitative estimate of drug-likeness (QED) is 0.870. The second kappa shape index (κ2) is 7.00. The predicted molar refractivity (Wildman–Crippen MR) is 73.5 cm³/mol. The summed E-state index contributed by atoms with van der Waals surface area (Å²) in [4.78, 5) is 0. The molecule has 17 heavy (non-hydrogen) atoms. The van der Waals surface area contributed by atoms with Crippen LogP contribution in [0.2, 0.25) is 0 Å². The summed E-state index contributed by atoms with van der Waals surface area (Å²) in [7, 11) is 0. The van der Waals surface area contributed by atoms with Crippen molar-refractivity contribution in [2.75, 3.05) is 0 Å². The van der Waals surface area contributed by atoms with Crippen LogP contribution in [0.5, 0.6) is 0 Å². The highest BCUT2D eigenvalue weighted by Gasteiger charge is 2.24. The van der Waals surface area contributed by atoms with Gasteiger partial charge in [-0.3, -0.25) is 0 Å². The standard InChI is InChI=1S/C14H21NO.ClH/c1-11(12-7-3-2-4-8-12)15-13-9-5-6-10-14(13)16;/h2-4,7-8,11,13-16H,5-6,9-10H2,1H3;1H/t11-,13+,14+;/m1./s1. The molecule has 1 aliphatic rings. The summed E-state index contributed by atoms with van der Waals surface area (Å²) in [6.07, 6.45) is 4.27. The zero-order valence-corrected chi connectivity index (χ0v) is 11.1. The Balaban J connectivity index is 0.00000144. The summed E-state index contributed by atoms with van der Waals surface area (Å²) in [5, 5.41) is 13.4. The molecule has 1 aromatic carbocycles. The van der Waals surface area contributed by atoms with Gasteiger partial charge in [-0.1, -0.05) is 43.2 Å². The van der Waals surface area contributed by atoms with Gasteiger partial charge < -0.3 is 10.4 Å². The second-order valence-electron chi connectivity index (χ2n) is 4.76. The molecule has 0 saturated heterocycles. The molecule has 2 rings (SSSR count). The van der Waals surface area contributed by atoms with Gasteiger partial charge in [0.15, 0.2) is 0 Å². The zero-order chi connectivity index (χ0) is 11.4. The molecule has 0 heterocycles. The number of aliphatic hydroxyl groups excluding tert-OH is 1. The SMILES string of the molecule is C[C@@H](N[C@H]1CCCC[C@@H]1O)c1ccccc1.Cl. The Bertz CT molecular complexity index is 317. The van der Waals surface area contributed by atoms with Crippen molar-refractivity contribution < 1.29 is 5.11 Å². The highest BCUT2D eigenvalue weighted by atomic mass is 35.5. The first-order chi connectivity index (χ1) is 7.77. The van der Waals surface area contributed by atoms with Gasteiger partial charge in [-0.05, 0) is 25.3 Å². The van der Waals surface area contributed by atoms with Gasteiger partial charge in [0.25, 0.3) is 0 Å². The molecule has 2 N–H and O–H groups in total. The number of halogens is 1. The highest BCUT2D eigenvalue weighted by molar-refractivity contribution is 5.85. The summed E-state index contributed by atoms with van der Waals surface area (Å²) < 4.78 is 0. The van der Waals surface area contributed by atoms with Gasteiger partial charge in [-0.2, -0.15) is 0 Å². The summed E-state index contributed by atoms with van der Waals surface area (Å²) in [6, 6.07) is 11.0. The van der Waals surface area contributed by atoms with Crippen molar-refractivity contribution in [3.8, 4) is 0 Å². The Morgan fingerprint density at radius 3 is 2.47 bits per heavy atom. The number of hydrogen-bond donors (Lipinski definition) is 2. The minimum Gasteiger partial charge on any atom is -0.392 e. The van der Waals surface area contributed by atoms with Crippen LogP contribution in [-0.4, -0.2) is 17.3 Å². The number of benzene rings is 1. The van der Waals surface area contributed by atoms with Crippen LogP contribution in [0.25, 0.3) is 0 Å². The van der Waals surface area contributed by atoms with E-state index in [1.165, 1.54) is 18.4 Å². The number of hydrogen-bond acceptors (Lipinski definition) is 2. The molecule has 1 saturated carbocycles. The molecule has 96 valence electrons. The fourth-order valence-corrected chi connectivity index (χ4v) is 2.46. The Morgan fingerprint density at radius 2 is 1.82 bits per heavy atom. The highest BCUT2D eigenvalue weighted by Crippen LogP contribution is 2.21. The molecule has 0 unspecified atom stereocenters. The van der Waals surface area contributed by atoms with Crippen LogP contribution in [-0.2, 0) is 0 Å². The molecule has 0 amide bonds. The number of nitrogens with one attached hydrogen (secondary N) is 1. The van der Waals surface area contributed by atoms with E-state index in [1.54, 1.807) is 0 Å². The Kier molecular flexibility index (Phi) is 5.96. The van der Waals surface area contributed by atoms with Gasteiger partial charge in [0.2, 0.25) is 0 Å². The van der Waals surface area contributed by atoms with Crippen LogP contribution in [0.3, 0.4) is 0 Å². The first kappa shape index (κ1) is 14.5. The lowest BCUT2D eigenvalue weighted by molar-refractivity contribution is 0.0860. The third-order valence-electron chi connectivity index (χ3n) is 3.49. The van der Waals surface area contributed by atoms with Crippen molar-refractivity contribution in [3.05, 3.63) is 35.9 Å². The molecule has 2 nitrogen and oxygen atoms in total. The first-order valence-electron chi connectivity index (χ1n) is 6.26. The molecule has 0 aliphatic heterocycles. The molecule has 3 heteroatoms. The molecular formula is C14H22ClNO. The molecule has 0 radical (unpaired) electrons. The van der Waals surface area contributed by atoms with Gasteiger partial charge in [-0.25, -0.2) is 0 Å². The maximum atomic E-state index is 9.90. The van der Waals surface area contributed by atoms with E-state index in [4.69, 9.17) is 0 Å². The lowest BCUT2D eigenvalue weighted by Crippen LogP contribution is -2.43. The number of rotatable bonds is 3. The second-order valence-corrected chi connectivity index (χ2v) is 4.76. The molecule has 1 aliphatic carbocycles. The Morgan fingerprint density at radius 1 is 1.18 bits per heavy atom. The van der Waals surface area contributed by atoms with E-state index >= 15 is 0 Å². The zero-order valence-electron chi connectivity index (χ0n) is 10.3. The van der Waals surface area contributed by atoms with Crippen LogP contribution in [0.1, 0.15) is 44.2 Å². The Labute approximate surface area is 110 Å². The van der Waals surface area contributed by atoms with E-state index in [-0.39, 0.29) is 24.6 Å². The van der Waals surface area contributed by atoms with Crippen LogP contribution < -0.4 is 5.32 Å². The molecule has 3 atom stereocenters. The smallest absolute Gasteiger partial charge is 0.0693 e. The molecule has 0 spiro atoms. The summed E-state index contributed by atoms with van der Waals surface area (Å²) in [5.41, 5.74) is 1.29. The number of aliphatic hydroxyl groups is 1. The minimum atomic E-state index is -0.167. The van der Waals surface area contributed by atoms with Crippen molar-refractivity contribution in [3.63, 3.8) is 0 Å². The third kappa shape index (κ3) is 3.98. The van der Waals surface area contributed by atoms with Crippen LogP contribution in [0, 0.1) is 0 Å². The van der Waals surface area contributed by atoms with E-state index in [2.05, 4.69) is 36.5 Å². The maximum absolute atomic E-state index is 9.90. The third-order valence-corrected chi connectivity index (χ3v) is 3.49. The Hall–Kier alpha value is -0.570. The van der Waals surface area contributed by atoms with Gasteiger partial charge in [0, 0.05) is 12.1 Å². The van der Waals surface area contributed by atoms with Gasteiger partial charge in [-0.15, -0.1) is 12.4 Å². The molecule has 0 bridgehead atoms. The average molecular weight is 256 g/mol. The fraction of sp³-hybridized carbons (Fsp3) is 0.571. The normalized spacial score (nSPS) is 26.0. The van der Waals surface area contributed by atoms with Crippen LogP contribution in [0.4, 0.5) is 0 Å². The summed E-state index contributed by atoms with van der Waals surface area (Å²) >= 11 is 0. The minimum absolute atomic E-state index is 0. The van der Waals surface area contributed by atoms with E-state index in [9.17, 15) is 5.11 Å². The van der Waals surface area contributed by atoms with E-state index in [1.807, 2.05) is 6.07 Å². The fourth-order valence-electron chi connectivity index (χ4n) is 2.46. The van der Waals surface area contributed by atoms with Crippen molar-refractivity contribution in [1.82, 2.24) is 5.32 Å². The first-order valence-corrected chi connectivity index (χ1v) is 6.26. The van der Waals surface area contributed by atoms with Crippen LogP contribution >= 0.6 is 12.4 Å². The van der Waals surface area contributed by atoms with Crippen molar-refractivity contribution in [2.45, 2.75) is 50.8 Å². The van der Waals surface area contributed by atoms with E-state index in [0.29, 0.717) is 6.04 Å². The summed E-state index contributed by atoms with van der Waals surface area (Å²) in [5.74, 6) is 0. The van der Waals surface area contributed by atoms with Gasteiger partial charge in [0.05, 0.1) is 6.10 Å². The van der Waals surface area contributed by atoms with Gasteiger partial charge in [0.1, 0.15) is 0 Å². The van der Waals surface area contributed by atoms with Gasteiger partial charge >= 0.3 is 0 Å². The molecule has 1 aromatic rings. The topological polar surface area (TPSA) is 32.3 Å². The molecular weight excluding hydrogens is 234 g/mol. The van der Waals surface area contributed by atoms with Crippen LogP contribution in [0.15, 0.2) is 30.3 Å². The average Bonchev–Trinajstić information content (AvgIpc) is 2.33. The monoisotopic (exact) mass is 255 g/mol. The van der Waals surface area contributed by atoms with Crippen molar-refractivity contribution in [2.24, 2.45) is 0 Å². The van der Waals surface area contributed by atoms with Crippen molar-refractivity contribution in [1.29, 1.82) is 0 Å². The maximum Gasteiger partial charge on any atom is 0.0693 e. The molecule has 0 aromatic heterocycles. The summed E-state index contributed by atoms with van der Waals surface area (Å²) in [6.45, 7) is 2.16. The lowest BCUT2D eigenvalue weighted by Gasteiger charge is -2.31. The molecule has 1 fully saturated rings.